The summed E-state index contributed by atoms with van der Waals surface area (Å²) in [6.07, 6.45) is 1.11. The van der Waals surface area contributed by atoms with Crippen LogP contribution in [-0.4, -0.2) is 18.5 Å². The second kappa shape index (κ2) is 5.08. The summed E-state index contributed by atoms with van der Waals surface area (Å²) in [6.45, 7) is 5.26. The molecule has 0 amide bonds. The van der Waals surface area contributed by atoms with Crippen molar-refractivity contribution in [2.45, 2.75) is 26.3 Å². The van der Waals surface area contributed by atoms with Crippen LogP contribution in [0.2, 0.25) is 0 Å². The minimum atomic E-state index is 0.393. The average Bonchev–Trinajstić information content (AvgIpc) is 2.59. The molecule has 17 heavy (non-hydrogen) atoms. The fourth-order valence-electron chi connectivity index (χ4n) is 2.24. The van der Waals surface area contributed by atoms with Crippen molar-refractivity contribution in [2.75, 3.05) is 11.4 Å². The summed E-state index contributed by atoms with van der Waals surface area (Å²) in [4.78, 5) is 6.51. The molecule has 0 radical (unpaired) electrons. The van der Waals surface area contributed by atoms with E-state index >= 15 is 0 Å². The summed E-state index contributed by atoms with van der Waals surface area (Å²) in [6, 6.07) is 8.60. The van der Waals surface area contributed by atoms with Crippen LogP contribution in [0.5, 0.6) is 0 Å². The molecule has 2 N–H and O–H groups in total. The first-order chi connectivity index (χ1) is 8.08. The van der Waals surface area contributed by atoms with Crippen molar-refractivity contribution >= 4 is 27.6 Å². The van der Waals surface area contributed by atoms with E-state index in [9.17, 15) is 0 Å². The second-order valence-electron chi connectivity index (χ2n) is 4.83. The number of nitrogens with two attached hydrogens (primary N) is 1. The number of hydrogen-bond acceptors (Lipinski definition) is 3. The van der Waals surface area contributed by atoms with Gasteiger partial charge in [0.2, 0.25) is 0 Å². The zero-order valence-electron chi connectivity index (χ0n) is 10.2. The first-order valence-corrected chi connectivity index (χ1v) is 6.72. The van der Waals surface area contributed by atoms with Crippen LogP contribution < -0.4 is 10.6 Å². The van der Waals surface area contributed by atoms with E-state index in [-0.39, 0.29) is 0 Å². The van der Waals surface area contributed by atoms with Crippen LogP contribution in [-0.2, 0) is 0 Å². The van der Waals surface area contributed by atoms with Crippen LogP contribution in [0.4, 0.5) is 5.69 Å². The molecule has 1 aromatic carbocycles. The Hall–Kier alpha value is -1.03. The highest BCUT2D eigenvalue weighted by atomic mass is 79.9. The molecule has 4 heteroatoms. The van der Waals surface area contributed by atoms with Crippen molar-refractivity contribution in [2.24, 2.45) is 16.6 Å². The second-order valence-corrected chi connectivity index (χ2v) is 5.75. The lowest BCUT2D eigenvalue weighted by Gasteiger charge is -2.27. The van der Waals surface area contributed by atoms with Gasteiger partial charge in [0, 0.05) is 10.2 Å². The Labute approximate surface area is 111 Å². The summed E-state index contributed by atoms with van der Waals surface area (Å²) < 4.78 is 1.07. The number of benzene rings is 1. The maximum absolute atomic E-state index is 5.99. The summed E-state index contributed by atoms with van der Waals surface area (Å²) in [5, 5.41) is 0. The number of nitrogens with zero attached hydrogens (tertiary/aromatic N) is 2. The van der Waals surface area contributed by atoms with Gasteiger partial charge in [0.05, 0.1) is 12.6 Å². The Morgan fingerprint density at radius 3 is 2.94 bits per heavy atom. The Morgan fingerprint density at radius 2 is 2.29 bits per heavy atom. The SMILES string of the molecule is CC(C)CC1CN=C(N)N1c1cccc(Br)c1. The molecular formula is C13H18BrN3. The number of guanidine groups is 1. The van der Waals surface area contributed by atoms with E-state index in [2.05, 4.69) is 51.8 Å². The zero-order chi connectivity index (χ0) is 12.4. The van der Waals surface area contributed by atoms with Crippen molar-refractivity contribution in [3.05, 3.63) is 28.7 Å². The van der Waals surface area contributed by atoms with Gasteiger partial charge in [-0.25, -0.2) is 0 Å². The number of hydrogen-bond donors (Lipinski definition) is 1. The molecule has 0 saturated carbocycles. The van der Waals surface area contributed by atoms with Gasteiger partial charge in [-0.1, -0.05) is 35.8 Å². The van der Waals surface area contributed by atoms with Crippen LogP contribution in [0.15, 0.2) is 33.7 Å². The summed E-state index contributed by atoms with van der Waals surface area (Å²) >= 11 is 3.49. The summed E-state index contributed by atoms with van der Waals surface area (Å²) in [7, 11) is 0. The molecule has 3 nitrogen and oxygen atoms in total. The molecule has 1 aromatic rings. The molecule has 0 bridgehead atoms. The predicted molar refractivity (Wildman–Crippen MR) is 76.4 cm³/mol. The van der Waals surface area contributed by atoms with Gasteiger partial charge in [0.15, 0.2) is 5.96 Å². The number of aliphatic imine (C=N–C) groups is 1. The van der Waals surface area contributed by atoms with E-state index in [1.54, 1.807) is 0 Å². The van der Waals surface area contributed by atoms with Crippen LogP contribution in [0.3, 0.4) is 0 Å². The fraction of sp³-hybridized carbons (Fsp3) is 0.462. The molecule has 0 aromatic heterocycles. The van der Waals surface area contributed by atoms with Gasteiger partial charge in [-0.3, -0.25) is 4.99 Å². The van der Waals surface area contributed by atoms with E-state index < -0.39 is 0 Å². The molecule has 1 aliphatic rings. The van der Waals surface area contributed by atoms with Gasteiger partial charge in [0.25, 0.3) is 0 Å². The first kappa shape index (κ1) is 12.4. The zero-order valence-corrected chi connectivity index (χ0v) is 11.8. The molecule has 92 valence electrons. The highest BCUT2D eigenvalue weighted by Crippen LogP contribution is 2.26. The standard InChI is InChI=1S/C13H18BrN3/c1-9(2)6-12-8-16-13(15)17(12)11-5-3-4-10(14)7-11/h3-5,7,9,12H,6,8H2,1-2H3,(H2,15,16). The normalized spacial score (nSPS) is 19.9. The van der Waals surface area contributed by atoms with Crippen molar-refractivity contribution in [3.63, 3.8) is 0 Å². The van der Waals surface area contributed by atoms with Crippen molar-refractivity contribution in [1.82, 2.24) is 0 Å². The predicted octanol–water partition coefficient (Wildman–Crippen LogP) is 3.00. The van der Waals surface area contributed by atoms with Crippen molar-refractivity contribution in [3.8, 4) is 0 Å². The van der Waals surface area contributed by atoms with Crippen molar-refractivity contribution < 1.29 is 0 Å². The number of halogens is 1. The quantitative estimate of drug-likeness (QED) is 0.931. The lowest BCUT2D eigenvalue weighted by molar-refractivity contribution is 0.512. The smallest absolute Gasteiger partial charge is 0.196 e. The maximum atomic E-state index is 5.99. The molecular weight excluding hydrogens is 278 g/mol. The van der Waals surface area contributed by atoms with E-state index in [0.29, 0.717) is 17.9 Å². The minimum absolute atomic E-state index is 0.393. The summed E-state index contributed by atoms with van der Waals surface area (Å²) in [5.41, 5.74) is 7.10. The van der Waals surface area contributed by atoms with E-state index in [1.807, 2.05) is 12.1 Å². The molecule has 1 aliphatic heterocycles. The Balaban J connectivity index is 2.24. The molecule has 0 saturated heterocycles. The van der Waals surface area contributed by atoms with Crippen LogP contribution in [0.1, 0.15) is 20.3 Å². The van der Waals surface area contributed by atoms with Gasteiger partial charge >= 0.3 is 0 Å². The van der Waals surface area contributed by atoms with Gasteiger partial charge in [-0.15, -0.1) is 0 Å². The molecule has 2 rings (SSSR count). The fourth-order valence-corrected chi connectivity index (χ4v) is 2.62. The van der Waals surface area contributed by atoms with Gasteiger partial charge in [0.1, 0.15) is 0 Å². The Bertz CT molecular complexity index is 428. The monoisotopic (exact) mass is 295 g/mol. The molecule has 0 spiro atoms. The number of rotatable bonds is 3. The van der Waals surface area contributed by atoms with Crippen LogP contribution >= 0.6 is 15.9 Å². The third-order valence-electron chi connectivity index (χ3n) is 2.91. The molecule has 1 atom stereocenters. The van der Waals surface area contributed by atoms with Gasteiger partial charge < -0.3 is 10.6 Å². The molecule has 1 unspecified atom stereocenters. The minimum Gasteiger partial charge on any atom is -0.370 e. The molecule has 0 fully saturated rings. The third kappa shape index (κ3) is 2.80. The lowest BCUT2D eigenvalue weighted by atomic mass is 10.0. The van der Waals surface area contributed by atoms with Gasteiger partial charge in [-0.2, -0.15) is 0 Å². The maximum Gasteiger partial charge on any atom is 0.196 e. The molecule has 0 aliphatic carbocycles. The lowest BCUT2D eigenvalue weighted by Crippen LogP contribution is -2.41. The Kier molecular flexibility index (Phi) is 3.72. The van der Waals surface area contributed by atoms with Crippen LogP contribution in [0, 0.1) is 5.92 Å². The first-order valence-electron chi connectivity index (χ1n) is 5.92. The Morgan fingerprint density at radius 1 is 1.53 bits per heavy atom. The topological polar surface area (TPSA) is 41.6 Å². The third-order valence-corrected chi connectivity index (χ3v) is 3.40. The van der Waals surface area contributed by atoms with E-state index in [1.165, 1.54) is 0 Å². The largest absolute Gasteiger partial charge is 0.370 e. The van der Waals surface area contributed by atoms with Gasteiger partial charge in [-0.05, 0) is 30.5 Å². The van der Waals surface area contributed by atoms with E-state index in [4.69, 9.17) is 5.73 Å². The average molecular weight is 296 g/mol. The van der Waals surface area contributed by atoms with Crippen molar-refractivity contribution in [1.29, 1.82) is 0 Å². The molecule has 1 heterocycles. The summed E-state index contributed by atoms with van der Waals surface area (Å²) in [5.74, 6) is 1.28. The number of anilines is 1. The highest BCUT2D eigenvalue weighted by Gasteiger charge is 2.27. The highest BCUT2D eigenvalue weighted by molar-refractivity contribution is 9.10. The van der Waals surface area contributed by atoms with E-state index in [0.717, 1.165) is 23.1 Å². The van der Waals surface area contributed by atoms with Crippen LogP contribution in [0.25, 0.3) is 0 Å².